The lowest BCUT2D eigenvalue weighted by Gasteiger charge is -2.33. The molecule has 6 nitrogen and oxygen atoms in total. The molecule has 0 unspecified atom stereocenters. The number of amides is 1. The molecule has 0 spiro atoms. The van der Waals surface area contributed by atoms with Gasteiger partial charge in [-0.2, -0.15) is 0 Å². The van der Waals surface area contributed by atoms with Crippen molar-refractivity contribution in [1.29, 1.82) is 0 Å². The molecule has 1 heterocycles. The van der Waals surface area contributed by atoms with Crippen LogP contribution in [-0.4, -0.2) is 51.2 Å². The zero-order valence-electron chi connectivity index (χ0n) is 15.6. The fourth-order valence-corrected chi connectivity index (χ4v) is 3.30. The maximum Gasteiger partial charge on any atom is 0.340 e. The van der Waals surface area contributed by atoms with Crippen LogP contribution >= 0.6 is 0 Å². The van der Waals surface area contributed by atoms with Crippen molar-refractivity contribution in [1.82, 2.24) is 0 Å². The van der Waals surface area contributed by atoms with Crippen LogP contribution in [-0.2, 0) is 9.53 Å². The number of carbonyl (C=O) groups excluding carboxylic acids is 2. The van der Waals surface area contributed by atoms with Gasteiger partial charge < -0.3 is 19.9 Å². The van der Waals surface area contributed by atoms with Gasteiger partial charge in [0.1, 0.15) is 0 Å². The molecule has 142 valence electrons. The molecule has 2 aromatic rings. The van der Waals surface area contributed by atoms with Gasteiger partial charge in [0, 0.05) is 5.69 Å². The monoisotopic (exact) mass is 368 g/mol. The van der Waals surface area contributed by atoms with Crippen LogP contribution in [0.4, 0.5) is 11.4 Å². The van der Waals surface area contributed by atoms with Crippen molar-refractivity contribution >= 4 is 23.3 Å². The molecule has 0 saturated carbocycles. The van der Waals surface area contributed by atoms with Crippen LogP contribution in [0.1, 0.15) is 17.3 Å². The van der Waals surface area contributed by atoms with E-state index >= 15 is 0 Å². The number of quaternary nitrogens is 1. The van der Waals surface area contributed by atoms with E-state index in [-0.39, 0.29) is 5.91 Å². The predicted molar refractivity (Wildman–Crippen MR) is 105 cm³/mol. The number of para-hydroxylation sites is 2. The van der Waals surface area contributed by atoms with Crippen molar-refractivity contribution in [2.45, 2.75) is 6.92 Å². The third-order valence-corrected chi connectivity index (χ3v) is 4.70. The number of nitrogens with one attached hydrogen (secondary N) is 2. The summed E-state index contributed by atoms with van der Waals surface area (Å²) in [6, 6.07) is 17.3. The van der Waals surface area contributed by atoms with E-state index in [4.69, 9.17) is 4.74 Å². The van der Waals surface area contributed by atoms with Gasteiger partial charge in [-0.05, 0) is 31.2 Å². The Hall–Kier alpha value is -2.86. The van der Waals surface area contributed by atoms with E-state index in [0.717, 1.165) is 26.2 Å². The molecular formula is C21H26N3O3+. The molecule has 1 amide bonds. The van der Waals surface area contributed by atoms with Gasteiger partial charge in [-0.25, -0.2) is 4.79 Å². The molecule has 1 saturated heterocycles. The number of carbonyl (C=O) groups is 2. The lowest BCUT2D eigenvalue weighted by Crippen LogP contribution is -3.15. The minimum absolute atomic E-state index is 0.0880. The Balaban J connectivity index is 1.53. The van der Waals surface area contributed by atoms with Crippen molar-refractivity contribution in [3.05, 3.63) is 60.2 Å². The number of ether oxygens (including phenoxy) is 1. The third-order valence-electron chi connectivity index (χ3n) is 4.70. The van der Waals surface area contributed by atoms with Gasteiger partial charge in [0.25, 0.3) is 5.91 Å². The Morgan fingerprint density at radius 2 is 1.70 bits per heavy atom. The summed E-state index contributed by atoms with van der Waals surface area (Å²) in [6.07, 6.45) is 0. The van der Waals surface area contributed by atoms with Gasteiger partial charge in [-0.1, -0.05) is 30.3 Å². The van der Waals surface area contributed by atoms with Gasteiger partial charge in [0.05, 0.1) is 44.0 Å². The largest absolute Gasteiger partial charge is 0.462 e. The highest BCUT2D eigenvalue weighted by Crippen LogP contribution is 2.16. The van der Waals surface area contributed by atoms with E-state index < -0.39 is 5.97 Å². The first-order valence-electron chi connectivity index (χ1n) is 9.37. The molecule has 3 rings (SSSR count). The van der Waals surface area contributed by atoms with Gasteiger partial charge in [0.2, 0.25) is 0 Å². The van der Waals surface area contributed by atoms with Crippen molar-refractivity contribution in [2.24, 2.45) is 0 Å². The van der Waals surface area contributed by atoms with E-state index in [2.05, 4.69) is 22.3 Å². The molecule has 2 N–H and O–H groups in total. The minimum atomic E-state index is -0.419. The Labute approximate surface area is 159 Å². The maximum absolute atomic E-state index is 12.5. The fraction of sp³-hybridized carbons (Fsp3) is 0.333. The number of benzene rings is 2. The van der Waals surface area contributed by atoms with E-state index in [1.165, 1.54) is 10.6 Å². The van der Waals surface area contributed by atoms with E-state index in [1.54, 1.807) is 31.2 Å². The standard InChI is InChI=1S/C21H25N3O3/c1-2-27-21(26)18-10-6-7-11-19(18)22-20(25)16-23-12-14-24(15-13-23)17-8-4-3-5-9-17/h3-11H,2,12-16H2,1H3,(H,22,25)/p+1. The number of rotatable bonds is 6. The molecule has 0 aliphatic carbocycles. The van der Waals surface area contributed by atoms with Crippen molar-refractivity contribution < 1.29 is 19.2 Å². The second-order valence-corrected chi connectivity index (χ2v) is 6.56. The highest BCUT2D eigenvalue weighted by Gasteiger charge is 2.23. The molecule has 1 aliphatic heterocycles. The summed E-state index contributed by atoms with van der Waals surface area (Å²) in [4.78, 5) is 28.1. The number of anilines is 2. The Bertz CT molecular complexity index is 771. The Morgan fingerprint density at radius 3 is 2.41 bits per heavy atom. The van der Waals surface area contributed by atoms with E-state index in [9.17, 15) is 9.59 Å². The predicted octanol–water partition coefficient (Wildman–Crippen LogP) is 1.21. The summed E-state index contributed by atoms with van der Waals surface area (Å²) in [7, 11) is 0. The van der Waals surface area contributed by atoms with Crippen molar-refractivity contribution in [3.8, 4) is 0 Å². The molecule has 1 fully saturated rings. The van der Waals surface area contributed by atoms with Crippen LogP contribution in [0.2, 0.25) is 0 Å². The highest BCUT2D eigenvalue weighted by atomic mass is 16.5. The number of hydrogen-bond acceptors (Lipinski definition) is 4. The third kappa shape index (κ3) is 5.08. The quantitative estimate of drug-likeness (QED) is 0.753. The Kier molecular flexibility index (Phi) is 6.44. The van der Waals surface area contributed by atoms with Gasteiger partial charge in [-0.15, -0.1) is 0 Å². The van der Waals surface area contributed by atoms with Gasteiger partial charge in [0.15, 0.2) is 6.54 Å². The van der Waals surface area contributed by atoms with Crippen LogP contribution in [0.3, 0.4) is 0 Å². The number of nitrogens with zero attached hydrogens (tertiary/aromatic N) is 1. The summed E-state index contributed by atoms with van der Waals surface area (Å²) >= 11 is 0. The lowest BCUT2D eigenvalue weighted by atomic mass is 10.1. The van der Waals surface area contributed by atoms with Crippen LogP contribution < -0.4 is 15.1 Å². The smallest absolute Gasteiger partial charge is 0.340 e. The van der Waals surface area contributed by atoms with Crippen molar-refractivity contribution in [2.75, 3.05) is 49.5 Å². The summed E-state index contributed by atoms with van der Waals surface area (Å²) in [5.41, 5.74) is 2.12. The zero-order chi connectivity index (χ0) is 19.1. The van der Waals surface area contributed by atoms with Crippen LogP contribution in [0, 0.1) is 0 Å². The maximum atomic E-state index is 12.5. The molecular weight excluding hydrogens is 342 g/mol. The van der Waals surface area contributed by atoms with Crippen LogP contribution in [0.25, 0.3) is 0 Å². The lowest BCUT2D eigenvalue weighted by molar-refractivity contribution is -0.892. The summed E-state index contributed by atoms with van der Waals surface area (Å²) in [5.74, 6) is -0.507. The molecule has 0 aromatic heterocycles. The van der Waals surface area contributed by atoms with Crippen molar-refractivity contribution in [3.63, 3.8) is 0 Å². The van der Waals surface area contributed by atoms with Crippen LogP contribution in [0.15, 0.2) is 54.6 Å². The first-order valence-corrected chi connectivity index (χ1v) is 9.37. The number of esters is 1. The normalized spacial score (nSPS) is 14.6. The molecule has 27 heavy (non-hydrogen) atoms. The number of hydrogen-bond donors (Lipinski definition) is 2. The molecule has 6 heteroatoms. The zero-order valence-corrected chi connectivity index (χ0v) is 15.6. The van der Waals surface area contributed by atoms with Gasteiger partial charge in [-0.3, -0.25) is 4.79 Å². The molecule has 0 bridgehead atoms. The summed E-state index contributed by atoms with van der Waals surface area (Å²) in [6.45, 7) is 6.11. The fourth-order valence-electron chi connectivity index (χ4n) is 3.30. The van der Waals surface area contributed by atoms with E-state index in [0.29, 0.717) is 24.4 Å². The first-order chi connectivity index (χ1) is 13.2. The first kappa shape index (κ1) is 18.9. The SMILES string of the molecule is CCOC(=O)c1ccccc1NC(=O)C[NH+]1CCN(c2ccccc2)CC1. The van der Waals surface area contributed by atoms with E-state index in [1.807, 2.05) is 18.2 Å². The molecule has 0 atom stereocenters. The molecule has 1 aliphatic rings. The summed E-state index contributed by atoms with van der Waals surface area (Å²) < 4.78 is 5.05. The van der Waals surface area contributed by atoms with Crippen LogP contribution in [0.5, 0.6) is 0 Å². The molecule has 0 radical (unpaired) electrons. The summed E-state index contributed by atoms with van der Waals surface area (Å²) in [5, 5.41) is 2.87. The number of piperazine rings is 1. The Morgan fingerprint density at radius 1 is 1.04 bits per heavy atom. The topological polar surface area (TPSA) is 63.1 Å². The second-order valence-electron chi connectivity index (χ2n) is 6.56. The van der Waals surface area contributed by atoms with Gasteiger partial charge >= 0.3 is 5.97 Å². The highest BCUT2D eigenvalue weighted by molar-refractivity contribution is 6.01. The second kappa shape index (κ2) is 9.19. The minimum Gasteiger partial charge on any atom is -0.462 e. The average molecular weight is 368 g/mol. The molecule has 2 aromatic carbocycles. The average Bonchev–Trinajstić information content (AvgIpc) is 2.70.